The number of nitrogens with one attached hydrogen (secondary N) is 2. The van der Waals surface area contributed by atoms with Gasteiger partial charge in [0.05, 0.1) is 16.5 Å². The number of amides is 1. The lowest BCUT2D eigenvalue weighted by atomic mass is 9.96. The molecule has 2 N–H and O–H groups in total. The van der Waals surface area contributed by atoms with Gasteiger partial charge in [-0.25, -0.2) is 0 Å². The molecule has 0 bridgehead atoms. The van der Waals surface area contributed by atoms with Crippen molar-refractivity contribution in [1.29, 1.82) is 0 Å². The van der Waals surface area contributed by atoms with Crippen LogP contribution in [0.25, 0.3) is 0 Å². The van der Waals surface area contributed by atoms with Crippen LogP contribution in [0.2, 0.25) is 0 Å². The molecule has 0 spiro atoms. The fourth-order valence-corrected chi connectivity index (χ4v) is 4.99. The van der Waals surface area contributed by atoms with E-state index in [2.05, 4.69) is 20.8 Å². The molecule has 5 nitrogen and oxygen atoms in total. The zero-order valence-corrected chi connectivity index (χ0v) is 16.9. The summed E-state index contributed by atoms with van der Waals surface area (Å²) in [7, 11) is 0. The summed E-state index contributed by atoms with van der Waals surface area (Å²) in [6.07, 6.45) is 1.36. The lowest BCUT2D eigenvalue weighted by Gasteiger charge is -2.21. The van der Waals surface area contributed by atoms with Crippen LogP contribution < -0.4 is 10.6 Å². The normalized spacial score (nSPS) is 16.6. The van der Waals surface area contributed by atoms with Gasteiger partial charge in [0.1, 0.15) is 0 Å². The Bertz CT molecular complexity index is 806. The van der Waals surface area contributed by atoms with Gasteiger partial charge >= 0.3 is 6.18 Å². The van der Waals surface area contributed by atoms with E-state index in [1.807, 2.05) is 0 Å². The van der Waals surface area contributed by atoms with Crippen molar-refractivity contribution in [3.8, 4) is 0 Å². The highest BCUT2D eigenvalue weighted by Crippen LogP contribution is 2.35. The molecule has 1 unspecified atom stereocenters. The average Bonchev–Trinajstić information content (AvgIpc) is 3.09. The number of halogens is 3. The van der Waals surface area contributed by atoms with Crippen LogP contribution in [0.5, 0.6) is 0 Å². The maximum absolute atomic E-state index is 13.1. The molecule has 1 atom stereocenters. The van der Waals surface area contributed by atoms with E-state index in [0.29, 0.717) is 15.5 Å². The Hall–Kier alpha value is -1.81. The van der Waals surface area contributed by atoms with Gasteiger partial charge in [0.2, 0.25) is 11.0 Å². The third kappa shape index (κ3) is 5.60. The third-order valence-electron chi connectivity index (χ3n) is 4.48. The summed E-state index contributed by atoms with van der Waals surface area (Å²) in [6.45, 7) is 1.63. The second kappa shape index (κ2) is 9.13. The maximum Gasteiger partial charge on any atom is 0.418 e. The van der Waals surface area contributed by atoms with E-state index in [4.69, 9.17) is 0 Å². The van der Waals surface area contributed by atoms with Crippen molar-refractivity contribution in [2.75, 3.05) is 10.6 Å². The summed E-state index contributed by atoms with van der Waals surface area (Å²) in [6, 6.07) is 5.34. The van der Waals surface area contributed by atoms with Crippen molar-refractivity contribution in [1.82, 2.24) is 10.2 Å². The summed E-state index contributed by atoms with van der Waals surface area (Å²) >= 11 is 2.53. The topological polar surface area (TPSA) is 66.9 Å². The minimum absolute atomic E-state index is 0.246. The number of hydrogen-bond donors (Lipinski definition) is 2. The molecular weight excluding hydrogens is 409 g/mol. The highest BCUT2D eigenvalue weighted by Gasteiger charge is 2.34. The molecule has 152 valence electrons. The van der Waals surface area contributed by atoms with Crippen LogP contribution in [0, 0.1) is 0 Å². The van der Waals surface area contributed by atoms with Crippen molar-refractivity contribution in [2.24, 2.45) is 0 Å². The Kier molecular flexibility index (Phi) is 6.82. The predicted molar refractivity (Wildman–Crippen MR) is 106 cm³/mol. The van der Waals surface area contributed by atoms with Gasteiger partial charge in [0.25, 0.3) is 0 Å². The zero-order valence-electron chi connectivity index (χ0n) is 15.3. The van der Waals surface area contributed by atoms with Crippen LogP contribution in [0.3, 0.4) is 0 Å². The Morgan fingerprint density at radius 1 is 1.21 bits per heavy atom. The van der Waals surface area contributed by atoms with Gasteiger partial charge in [-0.15, -0.1) is 10.2 Å². The van der Waals surface area contributed by atoms with Crippen molar-refractivity contribution in [2.45, 2.75) is 60.8 Å². The standard InChI is InChI=1S/C18H21F3N4OS2/c1-11(15(26)23-14-10-6-5-9-13(14)18(19,20)21)27-17-25-24-16(28-17)22-12-7-3-2-4-8-12/h5-6,9-12H,2-4,7-8H2,1H3,(H,22,24)(H,23,26). The molecule has 2 aromatic rings. The molecule has 0 saturated heterocycles. The zero-order chi connectivity index (χ0) is 20.1. The molecule has 0 radical (unpaired) electrons. The van der Waals surface area contributed by atoms with Crippen molar-refractivity contribution in [3.63, 3.8) is 0 Å². The Morgan fingerprint density at radius 3 is 2.64 bits per heavy atom. The molecule has 3 rings (SSSR count). The first-order valence-corrected chi connectivity index (χ1v) is 10.8. The number of thioether (sulfide) groups is 1. The molecule has 1 saturated carbocycles. The molecule has 10 heteroatoms. The summed E-state index contributed by atoms with van der Waals surface area (Å²) in [4.78, 5) is 12.4. The molecule has 28 heavy (non-hydrogen) atoms. The van der Waals surface area contributed by atoms with Crippen molar-refractivity contribution in [3.05, 3.63) is 29.8 Å². The van der Waals surface area contributed by atoms with E-state index in [1.54, 1.807) is 6.92 Å². The lowest BCUT2D eigenvalue weighted by molar-refractivity contribution is -0.137. The number of carbonyl (C=O) groups excluding carboxylic acids is 1. The number of benzene rings is 1. The average molecular weight is 431 g/mol. The molecule has 1 aromatic carbocycles. The summed E-state index contributed by atoms with van der Waals surface area (Å²) in [5, 5.41) is 14.0. The molecule has 1 aromatic heterocycles. The van der Waals surface area contributed by atoms with Crippen LogP contribution in [0.4, 0.5) is 24.0 Å². The largest absolute Gasteiger partial charge is 0.418 e. The van der Waals surface area contributed by atoms with Crippen LogP contribution >= 0.6 is 23.1 Å². The number of alkyl halides is 3. The maximum atomic E-state index is 13.1. The quantitative estimate of drug-likeness (QED) is 0.599. The number of aromatic nitrogens is 2. The van der Waals surface area contributed by atoms with Gasteiger partial charge in [-0.2, -0.15) is 13.2 Å². The molecule has 0 aliphatic heterocycles. The summed E-state index contributed by atoms with van der Waals surface area (Å²) in [5.41, 5.74) is -1.11. The van der Waals surface area contributed by atoms with E-state index < -0.39 is 22.9 Å². The Balaban J connectivity index is 1.58. The fourth-order valence-electron chi connectivity index (χ4n) is 3.02. The molecule has 1 aliphatic carbocycles. The SMILES string of the molecule is CC(Sc1nnc(NC2CCCCC2)s1)C(=O)Nc1ccccc1C(F)(F)F. The second-order valence-corrected chi connectivity index (χ2v) is 9.21. The fraction of sp³-hybridized carbons (Fsp3) is 0.500. The third-order valence-corrected chi connectivity index (χ3v) is 6.52. The number of nitrogens with zero attached hydrogens (tertiary/aromatic N) is 2. The number of carbonyl (C=O) groups is 1. The first-order valence-electron chi connectivity index (χ1n) is 9.06. The van der Waals surface area contributed by atoms with Gasteiger partial charge in [-0.1, -0.05) is 54.5 Å². The van der Waals surface area contributed by atoms with Gasteiger partial charge in [0, 0.05) is 6.04 Å². The minimum Gasteiger partial charge on any atom is -0.357 e. The minimum atomic E-state index is -4.53. The summed E-state index contributed by atoms with van der Waals surface area (Å²) < 4.78 is 39.8. The summed E-state index contributed by atoms with van der Waals surface area (Å²) in [5.74, 6) is -0.515. The van der Waals surface area contributed by atoms with E-state index in [9.17, 15) is 18.0 Å². The molecule has 1 amide bonds. The first kappa shape index (κ1) is 20.9. The molecule has 1 heterocycles. The van der Waals surface area contributed by atoms with E-state index in [0.717, 1.165) is 18.9 Å². The first-order chi connectivity index (χ1) is 13.3. The van der Waals surface area contributed by atoms with Crippen molar-refractivity contribution >= 4 is 39.8 Å². The van der Waals surface area contributed by atoms with E-state index in [-0.39, 0.29) is 5.69 Å². The van der Waals surface area contributed by atoms with E-state index in [1.165, 1.54) is 60.6 Å². The monoisotopic (exact) mass is 430 g/mol. The number of hydrogen-bond acceptors (Lipinski definition) is 6. The number of anilines is 2. The Morgan fingerprint density at radius 2 is 1.93 bits per heavy atom. The Labute approximate surface area is 169 Å². The lowest BCUT2D eigenvalue weighted by Crippen LogP contribution is -2.24. The molecule has 1 aliphatic rings. The highest BCUT2D eigenvalue weighted by atomic mass is 32.2. The molecular formula is C18H21F3N4OS2. The highest BCUT2D eigenvalue weighted by molar-refractivity contribution is 8.02. The molecule has 1 fully saturated rings. The van der Waals surface area contributed by atoms with Gasteiger partial charge in [0.15, 0.2) is 4.34 Å². The van der Waals surface area contributed by atoms with Gasteiger partial charge < -0.3 is 10.6 Å². The van der Waals surface area contributed by atoms with Gasteiger partial charge in [-0.3, -0.25) is 4.79 Å². The smallest absolute Gasteiger partial charge is 0.357 e. The second-order valence-electron chi connectivity index (χ2n) is 6.65. The van der Waals surface area contributed by atoms with Crippen LogP contribution in [-0.4, -0.2) is 27.4 Å². The van der Waals surface area contributed by atoms with Crippen LogP contribution in [0.15, 0.2) is 28.6 Å². The number of rotatable bonds is 6. The van der Waals surface area contributed by atoms with Crippen LogP contribution in [0.1, 0.15) is 44.6 Å². The van der Waals surface area contributed by atoms with Crippen molar-refractivity contribution < 1.29 is 18.0 Å². The van der Waals surface area contributed by atoms with Crippen LogP contribution in [-0.2, 0) is 11.0 Å². The van der Waals surface area contributed by atoms with E-state index >= 15 is 0 Å². The van der Waals surface area contributed by atoms with Gasteiger partial charge in [-0.05, 0) is 31.9 Å². The number of para-hydroxylation sites is 1. The predicted octanol–water partition coefficient (Wildman–Crippen LogP) is 5.42.